The molecule has 1 aliphatic rings. The SMILES string of the molecule is CC(C)(C)OC(=O)NCC(=O)Nc1cccc(Nc2ncc(Cl)c(C3=CCc4ccccc43)n2)c1. The van der Waals surface area contributed by atoms with Crippen molar-refractivity contribution in [3.8, 4) is 0 Å². The molecule has 3 aromatic rings. The third kappa shape index (κ3) is 6.36. The van der Waals surface area contributed by atoms with Gasteiger partial charge < -0.3 is 20.7 Å². The van der Waals surface area contributed by atoms with Crippen LogP contribution < -0.4 is 16.0 Å². The highest BCUT2D eigenvalue weighted by molar-refractivity contribution is 6.32. The molecular formula is C26H26ClN5O3. The number of carbonyl (C=O) groups is 2. The maximum atomic E-state index is 12.2. The van der Waals surface area contributed by atoms with Crippen molar-refractivity contribution in [2.45, 2.75) is 32.8 Å². The lowest BCUT2D eigenvalue weighted by Gasteiger charge is -2.19. The van der Waals surface area contributed by atoms with E-state index in [0.717, 1.165) is 17.6 Å². The van der Waals surface area contributed by atoms with Crippen molar-refractivity contribution >= 4 is 46.5 Å². The standard InChI is InChI=1S/C26H26ClN5O3/c1-26(2,3)35-25(34)29-15-22(33)30-17-8-6-9-18(13-17)31-24-28-14-21(27)23(32-24)20-12-11-16-7-4-5-10-19(16)20/h4-10,12-14H,11,15H2,1-3H3,(H,29,34)(H,30,33)(H,28,31,32). The van der Waals surface area contributed by atoms with Crippen molar-refractivity contribution in [2.75, 3.05) is 17.2 Å². The first-order chi connectivity index (χ1) is 16.7. The number of halogens is 1. The molecule has 0 unspecified atom stereocenters. The lowest BCUT2D eigenvalue weighted by atomic mass is 10.0. The summed E-state index contributed by atoms with van der Waals surface area (Å²) in [7, 11) is 0. The summed E-state index contributed by atoms with van der Waals surface area (Å²) in [5.74, 6) is -0.00498. The molecule has 1 heterocycles. The van der Waals surface area contributed by atoms with Gasteiger partial charge in [-0.1, -0.05) is 48.0 Å². The van der Waals surface area contributed by atoms with Gasteiger partial charge in [0.1, 0.15) is 12.1 Å². The predicted molar refractivity (Wildman–Crippen MR) is 137 cm³/mol. The molecule has 0 bridgehead atoms. The number of benzene rings is 2. The van der Waals surface area contributed by atoms with Gasteiger partial charge in [-0.15, -0.1) is 0 Å². The number of ether oxygens (including phenoxy) is 1. The Labute approximate surface area is 208 Å². The minimum atomic E-state index is -0.654. The number of amides is 2. The Morgan fingerprint density at radius 1 is 1.09 bits per heavy atom. The number of anilines is 3. The van der Waals surface area contributed by atoms with Gasteiger partial charge in [0.05, 0.1) is 16.9 Å². The Hall–Kier alpha value is -3.91. The average Bonchev–Trinajstić information content (AvgIpc) is 3.22. The summed E-state index contributed by atoms with van der Waals surface area (Å²) in [4.78, 5) is 32.9. The number of hydrogen-bond acceptors (Lipinski definition) is 6. The first kappa shape index (κ1) is 24.2. The number of rotatable bonds is 6. The molecule has 35 heavy (non-hydrogen) atoms. The Morgan fingerprint density at radius 2 is 1.86 bits per heavy atom. The largest absolute Gasteiger partial charge is 0.444 e. The van der Waals surface area contributed by atoms with Gasteiger partial charge in [-0.25, -0.2) is 14.8 Å². The van der Waals surface area contributed by atoms with Gasteiger partial charge in [-0.2, -0.15) is 0 Å². The fourth-order valence-electron chi connectivity index (χ4n) is 3.60. The first-order valence-electron chi connectivity index (χ1n) is 11.1. The topological polar surface area (TPSA) is 105 Å². The van der Waals surface area contributed by atoms with Crippen LogP contribution in [0.15, 0.2) is 60.8 Å². The highest BCUT2D eigenvalue weighted by atomic mass is 35.5. The predicted octanol–water partition coefficient (Wildman–Crippen LogP) is 5.32. The molecule has 0 spiro atoms. The summed E-state index contributed by atoms with van der Waals surface area (Å²) < 4.78 is 5.13. The average molecular weight is 492 g/mol. The first-order valence-corrected chi connectivity index (χ1v) is 11.5. The van der Waals surface area contributed by atoms with Crippen LogP contribution in [-0.2, 0) is 16.0 Å². The maximum Gasteiger partial charge on any atom is 0.408 e. The number of aromatic nitrogens is 2. The molecule has 1 aromatic heterocycles. The van der Waals surface area contributed by atoms with Crippen LogP contribution in [0.1, 0.15) is 37.6 Å². The van der Waals surface area contributed by atoms with E-state index in [-0.39, 0.29) is 12.5 Å². The van der Waals surface area contributed by atoms with Crippen molar-refractivity contribution in [1.29, 1.82) is 0 Å². The Bertz CT molecular complexity index is 1300. The zero-order valence-electron chi connectivity index (χ0n) is 19.7. The van der Waals surface area contributed by atoms with Crippen molar-refractivity contribution in [1.82, 2.24) is 15.3 Å². The molecule has 0 saturated carbocycles. The van der Waals surface area contributed by atoms with E-state index in [1.54, 1.807) is 45.2 Å². The number of alkyl carbamates (subject to hydrolysis) is 1. The van der Waals surface area contributed by atoms with E-state index < -0.39 is 11.7 Å². The number of hydrogen-bond donors (Lipinski definition) is 3. The van der Waals surface area contributed by atoms with Crippen molar-refractivity contribution in [3.63, 3.8) is 0 Å². The molecule has 0 fully saturated rings. The zero-order valence-corrected chi connectivity index (χ0v) is 20.4. The summed E-state index contributed by atoms with van der Waals surface area (Å²) in [5, 5.41) is 8.80. The molecule has 4 rings (SSSR count). The lowest BCUT2D eigenvalue weighted by Crippen LogP contribution is -2.37. The van der Waals surface area contributed by atoms with Crippen LogP contribution in [0.3, 0.4) is 0 Å². The molecule has 2 amide bonds. The number of nitrogens with one attached hydrogen (secondary N) is 3. The highest BCUT2D eigenvalue weighted by Gasteiger charge is 2.20. The second-order valence-electron chi connectivity index (χ2n) is 8.98. The molecule has 0 radical (unpaired) electrons. The molecule has 0 aliphatic heterocycles. The van der Waals surface area contributed by atoms with E-state index >= 15 is 0 Å². The molecule has 3 N–H and O–H groups in total. The minimum Gasteiger partial charge on any atom is -0.444 e. The molecule has 0 saturated heterocycles. The number of allylic oxidation sites excluding steroid dienone is 1. The van der Waals surface area contributed by atoms with Crippen LogP contribution in [0, 0.1) is 0 Å². The summed E-state index contributed by atoms with van der Waals surface area (Å²) in [6.07, 6.45) is 3.87. The van der Waals surface area contributed by atoms with E-state index in [1.165, 1.54) is 5.56 Å². The fourth-order valence-corrected chi connectivity index (χ4v) is 3.79. The smallest absolute Gasteiger partial charge is 0.408 e. The van der Waals surface area contributed by atoms with Gasteiger partial charge in [0.25, 0.3) is 0 Å². The van der Waals surface area contributed by atoms with E-state index in [2.05, 4.69) is 44.1 Å². The zero-order chi connectivity index (χ0) is 25.0. The van der Waals surface area contributed by atoms with Crippen molar-refractivity contribution in [3.05, 3.63) is 82.6 Å². The number of fused-ring (bicyclic) bond motifs is 1. The summed E-state index contributed by atoms with van der Waals surface area (Å²) >= 11 is 6.44. The van der Waals surface area contributed by atoms with E-state index in [1.807, 2.05) is 18.2 Å². The van der Waals surface area contributed by atoms with Crippen LogP contribution in [0.25, 0.3) is 5.57 Å². The molecule has 0 atom stereocenters. The van der Waals surface area contributed by atoms with Crippen LogP contribution >= 0.6 is 11.6 Å². The van der Waals surface area contributed by atoms with Gasteiger partial charge in [-0.05, 0) is 56.5 Å². The monoisotopic (exact) mass is 491 g/mol. The van der Waals surface area contributed by atoms with E-state index in [4.69, 9.17) is 16.3 Å². The highest BCUT2D eigenvalue weighted by Crippen LogP contribution is 2.35. The summed E-state index contributed by atoms with van der Waals surface area (Å²) in [6, 6.07) is 15.3. The van der Waals surface area contributed by atoms with Gasteiger partial charge >= 0.3 is 6.09 Å². The molecule has 2 aromatic carbocycles. The van der Waals surface area contributed by atoms with Crippen LogP contribution in [0.2, 0.25) is 5.02 Å². The number of nitrogens with zero attached hydrogens (tertiary/aromatic N) is 2. The Morgan fingerprint density at radius 3 is 2.66 bits per heavy atom. The second-order valence-corrected chi connectivity index (χ2v) is 9.39. The molecule has 8 nitrogen and oxygen atoms in total. The molecule has 180 valence electrons. The Kier molecular flexibility index (Phi) is 7.02. The quantitative estimate of drug-likeness (QED) is 0.430. The van der Waals surface area contributed by atoms with Crippen LogP contribution in [0.5, 0.6) is 0 Å². The third-order valence-corrected chi connectivity index (χ3v) is 5.30. The number of carbonyl (C=O) groups excluding carboxylic acids is 2. The summed E-state index contributed by atoms with van der Waals surface area (Å²) in [5.41, 5.74) is 4.58. The fraction of sp³-hybridized carbons (Fsp3) is 0.231. The van der Waals surface area contributed by atoms with Gasteiger partial charge in [0.15, 0.2) is 0 Å². The van der Waals surface area contributed by atoms with Crippen molar-refractivity contribution in [2.24, 2.45) is 0 Å². The molecule has 9 heteroatoms. The minimum absolute atomic E-state index is 0.215. The Balaban J connectivity index is 1.42. The summed E-state index contributed by atoms with van der Waals surface area (Å²) in [6.45, 7) is 5.04. The van der Waals surface area contributed by atoms with Crippen LogP contribution in [-0.4, -0.2) is 34.1 Å². The van der Waals surface area contributed by atoms with Crippen LogP contribution in [0.4, 0.5) is 22.1 Å². The third-order valence-electron chi connectivity index (χ3n) is 5.03. The normalized spacial score (nSPS) is 12.4. The second kappa shape index (κ2) is 10.1. The maximum absolute atomic E-state index is 12.2. The van der Waals surface area contributed by atoms with E-state index in [0.29, 0.717) is 28.0 Å². The molecule has 1 aliphatic carbocycles. The van der Waals surface area contributed by atoms with Gasteiger partial charge in [0, 0.05) is 16.9 Å². The van der Waals surface area contributed by atoms with Gasteiger partial charge in [0.2, 0.25) is 11.9 Å². The lowest BCUT2D eigenvalue weighted by molar-refractivity contribution is -0.115. The molecular weight excluding hydrogens is 466 g/mol. The van der Waals surface area contributed by atoms with E-state index in [9.17, 15) is 9.59 Å². The van der Waals surface area contributed by atoms with Crippen molar-refractivity contribution < 1.29 is 14.3 Å². The van der Waals surface area contributed by atoms with Gasteiger partial charge in [-0.3, -0.25) is 4.79 Å².